The number of phenolic OH excluding ortho intramolecular Hbond substituents is 1. The van der Waals surface area contributed by atoms with Crippen molar-refractivity contribution < 1.29 is 73.2 Å². The molecule has 0 aliphatic carbocycles. The van der Waals surface area contributed by atoms with Crippen LogP contribution in [0.25, 0.3) is 10.8 Å². The first-order chi connectivity index (χ1) is 45.0. The van der Waals surface area contributed by atoms with Crippen molar-refractivity contribution in [3.05, 3.63) is 108 Å². The molecule has 15 N–H and O–H groups in total. The number of unbranched alkanes of at least 4 members (excludes halogenated alkanes) is 1. The van der Waals surface area contributed by atoms with E-state index in [2.05, 4.69) is 42.5 Å². The van der Waals surface area contributed by atoms with Crippen molar-refractivity contribution in [3.63, 3.8) is 0 Å². The zero-order valence-electron chi connectivity index (χ0n) is 52.7. The van der Waals surface area contributed by atoms with Gasteiger partial charge in [0.05, 0.1) is 32.7 Å². The maximum Gasteiger partial charge on any atom is 0.317 e. The first kappa shape index (κ1) is 73.3. The molecule has 94 heavy (non-hydrogen) atoms. The number of hydrogen-bond donors (Lipinski definition) is 14. The van der Waals surface area contributed by atoms with Crippen LogP contribution in [0.4, 0.5) is 5.69 Å². The number of anilines is 1. The van der Waals surface area contributed by atoms with E-state index in [-0.39, 0.29) is 172 Å². The first-order valence-electron chi connectivity index (χ1n) is 31.3. The number of carboxylic acid groups (broad SMARTS) is 3. The molecule has 0 bridgehead atoms. The van der Waals surface area contributed by atoms with E-state index in [4.69, 9.17) is 11.1 Å². The minimum atomic E-state index is -1.29. The number of nitrogens with one attached hydrogen (secondary N) is 9. The lowest BCUT2D eigenvalue weighted by atomic mass is 10.00. The topological polar surface area (TPSA) is 431 Å². The number of carbonyl (C=O) groups is 11. The SMILES string of the molecule is CN1C(=O)[C@@H](Cc2ccc(O)cc2)NC(=O)CNC(=O)[C@H](Cc2ccc3ccccc3c2)NC(=O)[C@H](CCCNC(=N)N)NC(=O)[C@H]1CCCNC(=O)c1ccc(NC(=O)CCCCNC(=O)CN2CCN(CC(=O)O)CCN(CC(=O)O)CCN(CC(=O)O)CC2)cc1. The van der Waals surface area contributed by atoms with Crippen molar-refractivity contribution in [3.8, 4) is 5.75 Å². The number of phenols is 1. The van der Waals surface area contributed by atoms with Gasteiger partial charge in [-0.2, -0.15) is 0 Å². The third kappa shape index (κ3) is 25.7. The van der Waals surface area contributed by atoms with Gasteiger partial charge in [-0.1, -0.05) is 54.6 Å². The number of rotatable bonds is 27. The molecule has 4 atom stereocenters. The third-order valence-electron chi connectivity index (χ3n) is 16.0. The summed E-state index contributed by atoms with van der Waals surface area (Å²) < 4.78 is 0. The molecule has 4 aromatic rings. The van der Waals surface area contributed by atoms with Gasteiger partial charge in [0.2, 0.25) is 41.4 Å². The molecule has 2 heterocycles. The zero-order valence-corrected chi connectivity index (χ0v) is 52.7. The zero-order chi connectivity index (χ0) is 68.1. The summed E-state index contributed by atoms with van der Waals surface area (Å²) in [5, 5.41) is 70.0. The van der Waals surface area contributed by atoms with E-state index >= 15 is 0 Å². The molecule has 0 saturated carbocycles. The fourth-order valence-corrected chi connectivity index (χ4v) is 10.9. The Balaban J connectivity index is 1.04. The van der Waals surface area contributed by atoms with Gasteiger partial charge < -0.3 is 73.6 Å². The van der Waals surface area contributed by atoms with Crippen LogP contribution in [0.2, 0.25) is 0 Å². The summed E-state index contributed by atoms with van der Waals surface area (Å²) in [6, 6.07) is 20.2. The van der Waals surface area contributed by atoms with Crippen LogP contribution >= 0.6 is 0 Å². The number of carboxylic acids is 3. The average Bonchev–Trinajstić information content (AvgIpc) is 1.12. The highest BCUT2D eigenvalue weighted by Crippen LogP contribution is 2.19. The summed E-state index contributed by atoms with van der Waals surface area (Å²) in [5.74, 6) is -8.27. The Morgan fingerprint density at radius 2 is 1.09 bits per heavy atom. The van der Waals surface area contributed by atoms with Crippen molar-refractivity contribution in [2.24, 2.45) is 5.73 Å². The van der Waals surface area contributed by atoms with E-state index in [9.17, 15) is 73.2 Å². The Morgan fingerprint density at radius 3 is 1.68 bits per heavy atom. The summed E-state index contributed by atoms with van der Waals surface area (Å²) in [5.41, 5.74) is 7.42. The minimum Gasteiger partial charge on any atom is -0.508 e. The van der Waals surface area contributed by atoms with Gasteiger partial charge in [0.25, 0.3) is 5.91 Å². The maximum absolute atomic E-state index is 14.7. The molecule has 4 aromatic carbocycles. The lowest BCUT2D eigenvalue weighted by molar-refractivity contribution is -0.142. The fourth-order valence-electron chi connectivity index (χ4n) is 10.9. The number of carbonyl (C=O) groups excluding carboxylic acids is 8. The number of likely N-dealkylation sites (N-methyl/N-ethyl adjacent to an activating group) is 1. The molecular weight excluding hydrogens is 1220 g/mol. The lowest BCUT2D eigenvalue weighted by Crippen LogP contribution is -2.58. The lowest BCUT2D eigenvalue weighted by Gasteiger charge is -2.32. The molecule has 0 aromatic heterocycles. The van der Waals surface area contributed by atoms with Gasteiger partial charge in [-0.25, -0.2) is 0 Å². The highest BCUT2D eigenvalue weighted by Gasteiger charge is 2.36. The summed E-state index contributed by atoms with van der Waals surface area (Å²) in [4.78, 5) is 154. The number of guanidine groups is 1. The average molecular weight is 1310 g/mol. The van der Waals surface area contributed by atoms with Crippen molar-refractivity contribution in [1.82, 2.24) is 61.7 Å². The van der Waals surface area contributed by atoms with Crippen molar-refractivity contribution in [2.75, 3.05) is 117 Å². The predicted molar refractivity (Wildman–Crippen MR) is 346 cm³/mol. The van der Waals surface area contributed by atoms with Crippen LogP contribution in [-0.4, -0.2) is 252 Å². The number of nitrogens with zero attached hydrogens (tertiary/aromatic N) is 5. The number of aromatic hydroxyl groups is 1. The van der Waals surface area contributed by atoms with Crippen LogP contribution in [0.5, 0.6) is 5.75 Å². The Morgan fingerprint density at radius 1 is 0.553 bits per heavy atom. The van der Waals surface area contributed by atoms with Crippen molar-refractivity contribution >= 4 is 87.6 Å². The van der Waals surface area contributed by atoms with Crippen LogP contribution in [-0.2, 0) is 60.8 Å². The van der Waals surface area contributed by atoms with E-state index in [1.807, 2.05) is 47.4 Å². The number of hydrogen-bond acceptors (Lipinski definition) is 17. The van der Waals surface area contributed by atoms with Crippen LogP contribution in [0.1, 0.15) is 66.4 Å². The van der Waals surface area contributed by atoms with Gasteiger partial charge in [-0.05, 0) is 96.8 Å². The molecule has 30 nitrogen and oxygen atoms in total. The van der Waals surface area contributed by atoms with E-state index < -0.39 is 84.1 Å². The quantitative estimate of drug-likeness (QED) is 0.0192. The van der Waals surface area contributed by atoms with Gasteiger partial charge in [0.15, 0.2) is 5.96 Å². The van der Waals surface area contributed by atoms with E-state index in [0.717, 1.165) is 15.7 Å². The first-order valence-corrected chi connectivity index (χ1v) is 31.3. The van der Waals surface area contributed by atoms with Crippen LogP contribution in [0, 0.1) is 5.41 Å². The molecule has 6 rings (SSSR count). The fraction of sp³-hybridized carbons (Fsp3) is 0.469. The Kier molecular flexibility index (Phi) is 29.4. The molecule has 2 saturated heterocycles. The van der Waals surface area contributed by atoms with Gasteiger partial charge in [-0.15, -0.1) is 0 Å². The van der Waals surface area contributed by atoms with E-state index in [1.54, 1.807) is 39.0 Å². The minimum absolute atomic E-state index is 0.000903. The second-order valence-electron chi connectivity index (χ2n) is 23.3. The Bertz CT molecular complexity index is 3250. The largest absolute Gasteiger partial charge is 0.508 e. The molecule has 0 unspecified atom stereocenters. The summed E-state index contributed by atoms with van der Waals surface area (Å²) in [7, 11) is 1.38. The molecule has 508 valence electrons. The highest BCUT2D eigenvalue weighted by molar-refractivity contribution is 5.98. The van der Waals surface area contributed by atoms with Gasteiger partial charge in [-0.3, -0.25) is 77.7 Å². The van der Waals surface area contributed by atoms with E-state index in [1.165, 1.54) is 31.3 Å². The van der Waals surface area contributed by atoms with Gasteiger partial charge >= 0.3 is 17.9 Å². The maximum atomic E-state index is 14.7. The monoisotopic (exact) mass is 1310 g/mol. The van der Waals surface area contributed by atoms with Crippen LogP contribution in [0.3, 0.4) is 0 Å². The summed E-state index contributed by atoms with van der Waals surface area (Å²) in [6.45, 7) is 0.967. The standard InChI is InChI=1S/C64H87N15O15/c1-75-52(62(93)73-49(10-6-25-69-64(65)66)61(92)74-50(36-43-13-16-44-8-2-3-9-46(44)34-43)60(91)70-37-54(82)72-51(63(75)94)35-42-14-21-48(80)22-15-42)11-7-24-68-59(90)45-17-19-47(20-18-45)71-53(81)12-4-5-23-67-55(83)38-76-26-28-77(39-56(84)85)30-32-79(41-58(88)89)33-31-78(29-27-76)40-57(86)87/h2-3,8-9,13-22,34,49-52,80H,4-7,10-12,23-33,35-41H2,1H3,(H,67,83)(H,68,90)(H,70,91)(H,71,81)(H,72,82)(H,73,93)(H,74,92)(H,84,85)(H,86,87)(H,88,89)(H4,65,66,69)/t49-,50-,51+,52+/m0/s1. The summed E-state index contributed by atoms with van der Waals surface area (Å²) in [6.07, 6.45) is 1.19. The molecule has 30 heteroatoms. The predicted octanol–water partition coefficient (Wildman–Crippen LogP) is -1.08. The molecule has 2 fully saturated rings. The molecule has 0 spiro atoms. The van der Waals surface area contributed by atoms with Crippen LogP contribution in [0.15, 0.2) is 91.0 Å². The number of amides is 8. The number of aliphatic carboxylic acids is 3. The number of fused-ring (bicyclic) bond motifs is 1. The highest BCUT2D eigenvalue weighted by atomic mass is 16.4. The van der Waals surface area contributed by atoms with Gasteiger partial charge in [0.1, 0.15) is 29.9 Å². The smallest absolute Gasteiger partial charge is 0.317 e. The molecular formula is C64H87N15O15. The van der Waals surface area contributed by atoms with Crippen molar-refractivity contribution in [2.45, 2.75) is 82.0 Å². The molecule has 0 radical (unpaired) electrons. The second kappa shape index (κ2) is 37.7. The second-order valence-corrected chi connectivity index (χ2v) is 23.3. The normalized spacial score (nSPS) is 18.9. The molecule has 8 amide bonds. The van der Waals surface area contributed by atoms with Crippen LogP contribution < -0.4 is 48.3 Å². The number of nitrogens with two attached hydrogens (primary N) is 1. The summed E-state index contributed by atoms with van der Waals surface area (Å²) >= 11 is 0. The Labute approximate surface area is 544 Å². The number of benzene rings is 4. The Hall–Kier alpha value is -9.78. The molecule has 2 aliphatic heterocycles. The van der Waals surface area contributed by atoms with E-state index in [0.29, 0.717) is 29.7 Å². The third-order valence-corrected chi connectivity index (χ3v) is 16.0. The van der Waals surface area contributed by atoms with Crippen molar-refractivity contribution in [1.29, 1.82) is 5.41 Å². The van der Waals surface area contributed by atoms with Gasteiger partial charge in [0, 0.05) is 110 Å². The molecule has 2 aliphatic rings.